The molecule has 0 atom stereocenters. The SMILES string of the molecule is COc1ccc(-c2n[nH]c(-c3ccccc3)n2)cc1Br. The molecule has 0 aliphatic carbocycles. The number of benzene rings is 2. The molecule has 0 saturated heterocycles. The minimum absolute atomic E-state index is 0.659. The Balaban J connectivity index is 1.96. The maximum atomic E-state index is 5.21. The average Bonchev–Trinajstić information content (AvgIpc) is 2.98. The first-order chi connectivity index (χ1) is 9.78. The quantitative estimate of drug-likeness (QED) is 0.792. The molecule has 0 bridgehead atoms. The number of aromatic nitrogens is 3. The topological polar surface area (TPSA) is 50.8 Å². The molecule has 100 valence electrons. The fraction of sp³-hybridized carbons (Fsp3) is 0.0667. The van der Waals surface area contributed by atoms with Crippen LogP contribution in [-0.2, 0) is 0 Å². The van der Waals surface area contributed by atoms with Gasteiger partial charge in [-0.1, -0.05) is 30.3 Å². The van der Waals surface area contributed by atoms with Gasteiger partial charge in [0, 0.05) is 11.1 Å². The smallest absolute Gasteiger partial charge is 0.181 e. The minimum Gasteiger partial charge on any atom is -0.496 e. The first kappa shape index (κ1) is 12.9. The predicted molar refractivity (Wildman–Crippen MR) is 81.5 cm³/mol. The lowest BCUT2D eigenvalue weighted by molar-refractivity contribution is 0.412. The molecule has 4 nitrogen and oxygen atoms in total. The van der Waals surface area contributed by atoms with Gasteiger partial charge < -0.3 is 4.74 Å². The van der Waals surface area contributed by atoms with Crippen molar-refractivity contribution in [2.45, 2.75) is 0 Å². The van der Waals surface area contributed by atoms with E-state index in [2.05, 4.69) is 31.1 Å². The summed E-state index contributed by atoms with van der Waals surface area (Å²) in [6.45, 7) is 0. The van der Waals surface area contributed by atoms with Crippen LogP contribution < -0.4 is 4.74 Å². The summed E-state index contributed by atoms with van der Waals surface area (Å²) in [7, 11) is 1.64. The first-order valence-corrected chi connectivity index (χ1v) is 6.89. The van der Waals surface area contributed by atoms with E-state index in [1.54, 1.807) is 7.11 Å². The van der Waals surface area contributed by atoms with Gasteiger partial charge in [-0.2, -0.15) is 5.10 Å². The fourth-order valence-electron chi connectivity index (χ4n) is 1.92. The predicted octanol–water partition coefficient (Wildman–Crippen LogP) is 3.91. The standard InChI is InChI=1S/C15H12BrN3O/c1-20-13-8-7-11(9-12(13)16)15-17-14(18-19-15)10-5-3-2-4-6-10/h2-9H,1H3,(H,17,18,19). The van der Waals surface area contributed by atoms with Gasteiger partial charge in [0.15, 0.2) is 11.6 Å². The zero-order valence-corrected chi connectivity index (χ0v) is 12.4. The number of H-pyrrole nitrogens is 1. The third kappa shape index (κ3) is 2.44. The van der Waals surface area contributed by atoms with Crippen LogP contribution in [0, 0.1) is 0 Å². The molecule has 0 spiro atoms. The molecular formula is C15H12BrN3O. The number of halogens is 1. The van der Waals surface area contributed by atoms with E-state index in [9.17, 15) is 0 Å². The van der Waals surface area contributed by atoms with Crippen molar-refractivity contribution in [1.82, 2.24) is 15.2 Å². The van der Waals surface area contributed by atoms with E-state index in [4.69, 9.17) is 4.74 Å². The van der Waals surface area contributed by atoms with Crippen LogP contribution in [0.4, 0.5) is 0 Å². The molecule has 0 fully saturated rings. The Labute approximate surface area is 125 Å². The number of methoxy groups -OCH3 is 1. The summed E-state index contributed by atoms with van der Waals surface area (Å²) in [5.41, 5.74) is 1.94. The molecular weight excluding hydrogens is 318 g/mol. The normalized spacial score (nSPS) is 10.5. The molecule has 0 aliphatic heterocycles. The third-order valence-corrected chi connectivity index (χ3v) is 3.56. The molecule has 5 heteroatoms. The van der Waals surface area contributed by atoms with Crippen molar-refractivity contribution in [2.24, 2.45) is 0 Å². The highest BCUT2D eigenvalue weighted by molar-refractivity contribution is 9.10. The van der Waals surface area contributed by atoms with Gasteiger partial charge in [-0.05, 0) is 34.1 Å². The van der Waals surface area contributed by atoms with Crippen molar-refractivity contribution in [1.29, 1.82) is 0 Å². The number of nitrogens with one attached hydrogen (secondary N) is 1. The van der Waals surface area contributed by atoms with Crippen molar-refractivity contribution >= 4 is 15.9 Å². The maximum Gasteiger partial charge on any atom is 0.181 e. The number of nitrogens with zero attached hydrogens (tertiary/aromatic N) is 2. The molecule has 1 heterocycles. The maximum absolute atomic E-state index is 5.21. The lowest BCUT2D eigenvalue weighted by Gasteiger charge is -2.03. The van der Waals surface area contributed by atoms with Crippen molar-refractivity contribution in [3.8, 4) is 28.5 Å². The zero-order chi connectivity index (χ0) is 13.9. The highest BCUT2D eigenvalue weighted by Gasteiger charge is 2.09. The van der Waals surface area contributed by atoms with Crippen LogP contribution in [0.3, 0.4) is 0 Å². The number of hydrogen-bond acceptors (Lipinski definition) is 3. The minimum atomic E-state index is 0.659. The van der Waals surface area contributed by atoms with Gasteiger partial charge in [0.25, 0.3) is 0 Å². The number of ether oxygens (including phenoxy) is 1. The molecule has 0 radical (unpaired) electrons. The van der Waals surface area contributed by atoms with E-state index in [1.807, 2.05) is 48.5 Å². The summed E-state index contributed by atoms with van der Waals surface area (Å²) < 4.78 is 6.09. The molecule has 20 heavy (non-hydrogen) atoms. The second kappa shape index (κ2) is 5.46. The van der Waals surface area contributed by atoms with Gasteiger partial charge in [-0.25, -0.2) is 4.98 Å². The summed E-state index contributed by atoms with van der Waals surface area (Å²) in [6.07, 6.45) is 0. The van der Waals surface area contributed by atoms with Crippen molar-refractivity contribution in [2.75, 3.05) is 7.11 Å². The van der Waals surface area contributed by atoms with E-state index in [-0.39, 0.29) is 0 Å². The van der Waals surface area contributed by atoms with Gasteiger partial charge in [0.2, 0.25) is 0 Å². The van der Waals surface area contributed by atoms with Crippen LogP contribution in [0.2, 0.25) is 0 Å². The summed E-state index contributed by atoms with van der Waals surface area (Å²) in [4.78, 5) is 4.52. The van der Waals surface area contributed by atoms with Crippen LogP contribution >= 0.6 is 15.9 Å². The van der Waals surface area contributed by atoms with E-state index in [0.29, 0.717) is 5.82 Å². The summed E-state index contributed by atoms with van der Waals surface area (Å²) in [6, 6.07) is 15.7. The average molecular weight is 330 g/mol. The second-order valence-electron chi connectivity index (χ2n) is 4.22. The number of rotatable bonds is 3. The lowest BCUT2D eigenvalue weighted by atomic mass is 10.2. The monoisotopic (exact) mass is 329 g/mol. The van der Waals surface area contributed by atoms with E-state index in [1.165, 1.54) is 0 Å². The highest BCUT2D eigenvalue weighted by atomic mass is 79.9. The Kier molecular flexibility index (Phi) is 3.52. The number of hydrogen-bond donors (Lipinski definition) is 1. The summed E-state index contributed by atoms with van der Waals surface area (Å²) in [5.74, 6) is 2.20. The Morgan fingerprint density at radius 2 is 1.85 bits per heavy atom. The Morgan fingerprint density at radius 3 is 2.55 bits per heavy atom. The number of aromatic amines is 1. The van der Waals surface area contributed by atoms with Crippen LogP contribution in [0.15, 0.2) is 53.0 Å². The first-order valence-electron chi connectivity index (χ1n) is 6.09. The zero-order valence-electron chi connectivity index (χ0n) is 10.8. The Morgan fingerprint density at radius 1 is 1.05 bits per heavy atom. The Hall–Kier alpha value is -2.14. The molecule has 3 rings (SSSR count). The highest BCUT2D eigenvalue weighted by Crippen LogP contribution is 2.29. The molecule has 0 saturated carbocycles. The van der Waals surface area contributed by atoms with E-state index >= 15 is 0 Å². The second-order valence-corrected chi connectivity index (χ2v) is 5.08. The van der Waals surface area contributed by atoms with Gasteiger partial charge in [0.1, 0.15) is 5.75 Å². The summed E-state index contributed by atoms with van der Waals surface area (Å²) in [5, 5.41) is 7.22. The molecule has 0 aliphatic rings. The van der Waals surface area contributed by atoms with Crippen LogP contribution in [-0.4, -0.2) is 22.3 Å². The van der Waals surface area contributed by atoms with Crippen molar-refractivity contribution in [3.05, 3.63) is 53.0 Å². The molecule has 1 N–H and O–H groups in total. The van der Waals surface area contributed by atoms with Gasteiger partial charge in [0.05, 0.1) is 11.6 Å². The molecule has 1 aromatic heterocycles. The van der Waals surface area contributed by atoms with Crippen LogP contribution in [0.1, 0.15) is 0 Å². The van der Waals surface area contributed by atoms with Crippen molar-refractivity contribution in [3.63, 3.8) is 0 Å². The lowest BCUT2D eigenvalue weighted by Crippen LogP contribution is -1.86. The molecule has 0 unspecified atom stereocenters. The fourth-order valence-corrected chi connectivity index (χ4v) is 2.46. The van der Waals surface area contributed by atoms with Gasteiger partial charge in [-0.15, -0.1) is 0 Å². The van der Waals surface area contributed by atoms with Crippen LogP contribution in [0.5, 0.6) is 5.75 Å². The van der Waals surface area contributed by atoms with Crippen LogP contribution in [0.25, 0.3) is 22.8 Å². The molecule has 0 amide bonds. The van der Waals surface area contributed by atoms with Gasteiger partial charge in [-0.3, -0.25) is 5.10 Å². The molecule has 2 aromatic carbocycles. The van der Waals surface area contributed by atoms with E-state index < -0.39 is 0 Å². The molecule has 3 aromatic rings. The van der Waals surface area contributed by atoms with Crippen molar-refractivity contribution < 1.29 is 4.74 Å². The largest absolute Gasteiger partial charge is 0.496 e. The van der Waals surface area contributed by atoms with E-state index in [0.717, 1.165) is 27.2 Å². The summed E-state index contributed by atoms with van der Waals surface area (Å²) >= 11 is 3.47. The Bertz CT molecular complexity index is 725. The van der Waals surface area contributed by atoms with Gasteiger partial charge >= 0.3 is 0 Å². The third-order valence-electron chi connectivity index (χ3n) is 2.94.